The third kappa shape index (κ3) is 33.7. The van der Waals surface area contributed by atoms with Crippen LogP contribution in [0.4, 0.5) is 82.3 Å². The van der Waals surface area contributed by atoms with E-state index in [9.17, 15) is 137 Å². The summed E-state index contributed by atoms with van der Waals surface area (Å²) in [4.78, 5) is 75.1. The molecule has 0 N–H and O–H groups in total. The zero-order valence-electron chi connectivity index (χ0n) is 67.9. The van der Waals surface area contributed by atoms with E-state index in [0.717, 1.165) is 10.6 Å². The van der Waals surface area contributed by atoms with E-state index in [0.29, 0.717) is 34.6 Å². The maximum atomic E-state index is 13.3. The zero-order chi connectivity index (χ0) is 98.2. The molecule has 0 spiro atoms. The molecule has 11 aromatic rings. The summed E-state index contributed by atoms with van der Waals surface area (Å²) in [5.74, 6) is -27.8. The van der Waals surface area contributed by atoms with Gasteiger partial charge in [-0.1, -0.05) is 92.2 Å². The minimum absolute atomic E-state index is 0.190. The smallest absolute Gasteiger partial charge is 0.426 e. The van der Waals surface area contributed by atoms with Gasteiger partial charge in [0.05, 0.1) is 26.8 Å². The van der Waals surface area contributed by atoms with E-state index in [1.807, 2.05) is 60.3 Å². The summed E-state index contributed by atoms with van der Waals surface area (Å²) in [5, 5.41) is 2.53. The van der Waals surface area contributed by atoms with Crippen LogP contribution in [0.2, 0.25) is 0 Å². The van der Waals surface area contributed by atoms with Gasteiger partial charge < -0.3 is 42.3 Å². The molecule has 0 bridgehead atoms. The second-order valence-corrected chi connectivity index (χ2v) is 39.9. The molecule has 12 rings (SSSR count). The number of carbonyl (C=O) groups excluding carboxylic acids is 6. The Kier molecular flexibility index (Phi) is 37.7. The normalized spacial score (nSPS) is 13.0. The van der Waals surface area contributed by atoms with Gasteiger partial charge in [0.25, 0.3) is 0 Å². The second kappa shape index (κ2) is 46.3. The molecule has 0 saturated carbocycles. The van der Waals surface area contributed by atoms with Crippen molar-refractivity contribution in [3.8, 4) is 22.1 Å². The summed E-state index contributed by atoms with van der Waals surface area (Å²) >= 11 is 3.77. The quantitative estimate of drug-likeness (QED) is 0.00439. The minimum atomic E-state index is -10.7. The Bertz CT molecular complexity index is 6150. The van der Waals surface area contributed by atoms with Crippen molar-refractivity contribution in [2.45, 2.75) is 67.3 Å². The van der Waals surface area contributed by atoms with Crippen LogP contribution in [-0.2, 0) is 84.9 Å². The number of thiophene rings is 1. The van der Waals surface area contributed by atoms with E-state index in [1.165, 1.54) is 86.4 Å². The average Bonchev–Trinajstić information content (AvgIpc) is 1.61. The van der Waals surface area contributed by atoms with Crippen molar-refractivity contribution in [1.29, 1.82) is 0 Å². The van der Waals surface area contributed by atoms with Crippen LogP contribution in [-0.4, -0.2) is 129 Å². The first-order valence-electron chi connectivity index (χ1n) is 36.9. The van der Waals surface area contributed by atoms with Gasteiger partial charge in [-0.2, -0.15) is 24.9 Å². The topological polar surface area (TPSA) is 281 Å². The Balaban J connectivity index is 0.000000226. The number of carbonyl (C=O) groups is 6. The molecule has 46 heteroatoms. The Morgan fingerprint density at radius 1 is 0.462 bits per heavy atom. The standard InChI is InChI=1S/C30H27O3S2.C24H19O4S.C16H19O4S2.C10H4F8O5S.C6HF5O3S.F6P/c1-23(2)30(31)33-22-21-32-24-13-17-28(18-14-24)35(27-11-7-4-8-12-27)29-19-15-26(16-20-29)34-25-9-5-3-6-10-25;1-16(2)24(26)27-15-23(25)28-17-11-13-18(14-12-17)29-21-9-5-3-7-19(21)20-8-4-6-10-22(20)29;1-12(2)16(18)19-11-15(17)20-13-3-5-14(6-4-13)22-9-7-21-8-10-22;11-4-3(5(12)7(14)8(15)6(4)13)9(19)23-2(10(16,17)18)1-24(20,21)22;7-1-2(8)4(10)6(15(12,13)14)5(11)3(1)9;1-7(2,3,4,5)6/h3-20H,1,21-22H2,2H3;3-14H,1,15H2,2H3;3-6H,1,7-11H2,2H3;2H,1H2,(H,20,21,22);(H,12,13,14);/q3*+1;;;-1/p-2. The first kappa shape index (κ1) is 108. The Labute approximate surface area is 756 Å². The number of hydrogen-bond acceptors (Lipinski definition) is 21. The molecule has 19 nitrogen and oxygen atoms in total. The van der Waals surface area contributed by atoms with Crippen LogP contribution in [0.5, 0.6) is 17.2 Å². The molecular formula is C86H68F19O19PS7. The van der Waals surface area contributed by atoms with E-state index in [-0.39, 0.29) is 39.1 Å². The van der Waals surface area contributed by atoms with Gasteiger partial charge in [-0.05, 0) is 154 Å². The number of fused-ring (bicyclic) bond motifs is 3. The van der Waals surface area contributed by atoms with Crippen molar-refractivity contribution in [1.82, 2.24) is 0 Å². The zero-order valence-corrected chi connectivity index (χ0v) is 74.5. The Morgan fingerprint density at radius 2 is 0.818 bits per heavy atom. The molecule has 10 aromatic carbocycles. The molecule has 0 aliphatic carbocycles. The van der Waals surface area contributed by atoms with Gasteiger partial charge in [-0.3, -0.25) is 0 Å². The van der Waals surface area contributed by atoms with Gasteiger partial charge in [-0.25, -0.2) is 89.5 Å². The number of thioether (sulfide) groups is 1. The number of halogens is 19. The first-order chi connectivity index (χ1) is 61.5. The third-order valence-electron chi connectivity index (χ3n) is 16.3. The fourth-order valence-corrected chi connectivity index (χ4v) is 21.0. The average molecular weight is 2020 g/mol. The van der Waals surface area contributed by atoms with E-state index >= 15 is 0 Å². The van der Waals surface area contributed by atoms with Crippen LogP contribution >= 0.6 is 41.8 Å². The molecule has 132 heavy (non-hydrogen) atoms. The van der Waals surface area contributed by atoms with Gasteiger partial charge in [0, 0.05) is 82.3 Å². The van der Waals surface area contributed by atoms with Crippen molar-refractivity contribution in [3.05, 3.63) is 306 Å². The van der Waals surface area contributed by atoms with Crippen LogP contribution < -0.4 is 14.2 Å². The van der Waals surface area contributed by atoms with Crippen LogP contribution in [0.25, 0.3) is 25.1 Å². The molecule has 2 heterocycles. The molecule has 1 aromatic heterocycles. The van der Waals surface area contributed by atoms with E-state index in [4.69, 9.17) is 28.4 Å². The monoisotopic (exact) mass is 2020 g/mol. The summed E-state index contributed by atoms with van der Waals surface area (Å²) in [7, 11) is -22.2. The molecule has 2 atom stereocenters. The summed E-state index contributed by atoms with van der Waals surface area (Å²) in [6.07, 6.45) is -9.35. The summed E-state index contributed by atoms with van der Waals surface area (Å²) < 4.78 is 322. The number of hydrogen-bond donors (Lipinski definition) is 0. The number of esters is 6. The summed E-state index contributed by atoms with van der Waals surface area (Å²) in [5.41, 5.74) is -1.50. The van der Waals surface area contributed by atoms with Crippen LogP contribution in [0.1, 0.15) is 31.1 Å². The predicted octanol–water partition coefficient (Wildman–Crippen LogP) is 22.3. The molecule has 1 fully saturated rings. The number of alkyl halides is 3. The fraction of sp³-hybridized carbons (Fsp3) is 0.163. The van der Waals surface area contributed by atoms with Crippen LogP contribution in [0.15, 0.2) is 277 Å². The van der Waals surface area contributed by atoms with Crippen molar-refractivity contribution in [3.63, 3.8) is 0 Å². The van der Waals surface area contributed by atoms with Crippen molar-refractivity contribution in [2.24, 2.45) is 0 Å². The molecule has 2 unspecified atom stereocenters. The van der Waals surface area contributed by atoms with Crippen LogP contribution in [0.3, 0.4) is 0 Å². The van der Waals surface area contributed by atoms with Gasteiger partial charge >= 0.3 is 75.0 Å². The predicted molar refractivity (Wildman–Crippen MR) is 454 cm³/mol. The number of benzene rings is 10. The van der Waals surface area contributed by atoms with Gasteiger partial charge in [0.15, 0.2) is 93.6 Å². The van der Waals surface area contributed by atoms with E-state index < -0.39 is 164 Å². The molecule has 706 valence electrons. The first-order valence-corrected chi connectivity index (χ1v) is 47.9. The van der Waals surface area contributed by atoms with E-state index in [2.05, 4.69) is 158 Å². The number of rotatable bonds is 25. The molecule has 1 aliphatic heterocycles. The van der Waals surface area contributed by atoms with Crippen molar-refractivity contribution >= 4 is 140 Å². The molecule has 0 radical (unpaired) electrons. The van der Waals surface area contributed by atoms with Crippen molar-refractivity contribution in [2.75, 3.05) is 55.2 Å². The molecule has 1 saturated heterocycles. The Hall–Kier alpha value is -11.4. The molecule has 1 aliphatic rings. The summed E-state index contributed by atoms with van der Waals surface area (Å²) in [6.45, 7) is 14.8. The SMILES string of the molecule is C=C(C)C(=O)OCC(=O)Oc1ccc(-[s+]2c3ccccc3c3ccccc32)cc1.C=C(C)C(=O)OCC(=O)Oc1ccc([S+]2CCSCC2)cc1.C=C(C)C(=O)OCCOc1ccc([S+](c2ccccc2)c2ccc(Sc3ccccc3)cc2)cc1.F[P-](F)(F)(F)(F)F.O=C(OC(CS(=O)(=O)[O-])C(F)(F)F)c1c(F)c(F)c(F)c(F)c1F.O=S(=O)([O-])c1c(F)c(F)c(F)c(F)c1F. The maximum Gasteiger partial charge on any atom is 0.426 e. The largest absolute Gasteiger partial charge is 0.748 e. The molecular weight excluding hydrogens is 1950 g/mol. The maximum absolute atomic E-state index is 13.3. The Morgan fingerprint density at radius 3 is 1.23 bits per heavy atom. The van der Waals surface area contributed by atoms with E-state index in [1.54, 1.807) is 43.0 Å². The third-order valence-corrected chi connectivity index (χ3v) is 27.3. The number of ether oxygens (including phenoxy) is 7. The van der Waals surface area contributed by atoms with Gasteiger partial charge in [-0.15, -0.1) is 0 Å². The van der Waals surface area contributed by atoms with Gasteiger partial charge in [0.1, 0.15) is 62.5 Å². The second-order valence-electron chi connectivity index (χ2n) is 26.6. The molecule has 0 amide bonds. The summed E-state index contributed by atoms with van der Waals surface area (Å²) in [6, 6.07) is 70.0. The van der Waals surface area contributed by atoms with Crippen molar-refractivity contribution < 1.29 is 170 Å². The van der Waals surface area contributed by atoms with Gasteiger partial charge in [0.2, 0.25) is 17.7 Å². The van der Waals surface area contributed by atoms with Crippen LogP contribution in [0, 0.1) is 58.2 Å². The fourth-order valence-electron chi connectivity index (χ4n) is 10.5. The minimum Gasteiger partial charge on any atom is -0.748 e.